The molecule has 110 valence electrons. The van der Waals surface area contributed by atoms with Crippen molar-refractivity contribution in [2.24, 2.45) is 0 Å². The molecule has 0 radical (unpaired) electrons. The molecule has 2 rings (SSSR count). The first kappa shape index (κ1) is 14.8. The molecule has 0 aliphatic rings. The molecular weight excluding hydrogens is 250 g/mol. The van der Waals surface area contributed by atoms with Crippen molar-refractivity contribution in [1.29, 1.82) is 0 Å². The highest BCUT2D eigenvalue weighted by molar-refractivity contribution is 5.78. The predicted octanol–water partition coefficient (Wildman–Crippen LogP) is 1.92. The Morgan fingerprint density at radius 2 is 2.05 bits per heavy atom. The highest BCUT2D eigenvalue weighted by Crippen LogP contribution is 2.15. The molecule has 5 nitrogen and oxygen atoms in total. The molecule has 0 atom stereocenters. The maximum Gasteiger partial charge on any atom is 0.121 e. The number of anilines is 1. The van der Waals surface area contributed by atoms with Gasteiger partial charge < -0.3 is 15.6 Å². The fourth-order valence-corrected chi connectivity index (χ4v) is 2.33. The standard InChI is InChI=1S/C15H25N5/c1-4-20(9-5-8-19(2)3)11-15-17-13-7-6-12(16)10-14(13)18-15/h6-7,10H,4-5,8-9,11,16H2,1-3H3,(H,17,18). The number of aromatic amines is 1. The third-order valence-corrected chi connectivity index (χ3v) is 3.46. The summed E-state index contributed by atoms with van der Waals surface area (Å²) < 4.78 is 0. The summed E-state index contributed by atoms with van der Waals surface area (Å²) in [6, 6.07) is 5.79. The summed E-state index contributed by atoms with van der Waals surface area (Å²) in [4.78, 5) is 12.6. The molecule has 0 fully saturated rings. The molecular formula is C15H25N5. The summed E-state index contributed by atoms with van der Waals surface area (Å²) in [6.45, 7) is 6.29. The van der Waals surface area contributed by atoms with E-state index in [9.17, 15) is 0 Å². The fourth-order valence-electron chi connectivity index (χ4n) is 2.33. The monoisotopic (exact) mass is 275 g/mol. The molecule has 1 heterocycles. The van der Waals surface area contributed by atoms with Crippen molar-refractivity contribution in [2.45, 2.75) is 19.9 Å². The first-order valence-corrected chi connectivity index (χ1v) is 7.19. The minimum Gasteiger partial charge on any atom is -0.399 e. The van der Waals surface area contributed by atoms with Gasteiger partial charge in [-0.2, -0.15) is 0 Å². The van der Waals surface area contributed by atoms with Gasteiger partial charge in [0.15, 0.2) is 0 Å². The van der Waals surface area contributed by atoms with Crippen LogP contribution in [0.15, 0.2) is 18.2 Å². The molecule has 0 saturated carbocycles. The van der Waals surface area contributed by atoms with Gasteiger partial charge in [0.05, 0.1) is 17.6 Å². The van der Waals surface area contributed by atoms with Crippen LogP contribution in [0.1, 0.15) is 19.2 Å². The van der Waals surface area contributed by atoms with Gasteiger partial charge in [-0.3, -0.25) is 4.90 Å². The summed E-state index contributed by atoms with van der Waals surface area (Å²) in [5.74, 6) is 1.01. The van der Waals surface area contributed by atoms with Gasteiger partial charge >= 0.3 is 0 Å². The number of imidazole rings is 1. The minimum absolute atomic E-state index is 0.769. The van der Waals surface area contributed by atoms with Crippen molar-refractivity contribution in [1.82, 2.24) is 19.8 Å². The van der Waals surface area contributed by atoms with Crippen LogP contribution in [0.3, 0.4) is 0 Å². The Balaban J connectivity index is 1.98. The van der Waals surface area contributed by atoms with E-state index in [-0.39, 0.29) is 0 Å². The zero-order valence-corrected chi connectivity index (χ0v) is 12.7. The van der Waals surface area contributed by atoms with Crippen molar-refractivity contribution < 1.29 is 0 Å². The van der Waals surface area contributed by atoms with E-state index in [2.05, 4.69) is 40.8 Å². The lowest BCUT2D eigenvalue weighted by atomic mass is 10.3. The first-order valence-electron chi connectivity index (χ1n) is 7.19. The van der Waals surface area contributed by atoms with E-state index in [4.69, 9.17) is 5.73 Å². The highest BCUT2D eigenvalue weighted by Gasteiger charge is 2.08. The summed E-state index contributed by atoms with van der Waals surface area (Å²) in [6.07, 6.45) is 1.17. The average molecular weight is 275 g/mol. The molecule has 0 aliphatic carbocycles. The van der Waals surface area contributed by atoms with Gasteiger partial charge in [-0.1, -0.05) is 6.92 Å². The van der Waals surface area contributed by atoms with Crippen molar-refractivity contribution in [3.63, 3.8) is 0 Å². The Kier molecular flexibility index (Phi) is 4.98. The van der Waals surface area contributed by atoms with Gasteiger partial charge in [-0.05, 0) is 58.3 Å². The number of rotatable bonds is 7. The summed E-state index contributed by atoms with van der Waals surface area (Å²) in [5.41, 5.74) is 8.56. The Morgan fingerprint density at radius 3 is 2.75 bits per heavy atom. The molecule has 0 spiro atoms. The Morgan fingerprint density at radius 1 is 1.25 bits per heavy atom. The third-order valence-electron chi connectivity index (χ3n) is 3.46. The van der Waals surface area contributed by atoms with Crippen molar-refractivity contribution in [3.05, 3.63) is 24.0 Å². The van der Waals surface area contributed by atoms with Gasteiger partial charge in [0, 0.05) is 5.69 Å². The quantitative estimate of drug-likeness (QED) is 0.758. The number of benzene rings is 1. The molecule has 0 aliphatic heterocycles. The van der Waals surface area contributed by atoms with Crippen LogP contribution >= 0.6 is 0 Å². The van der Waals surface area contributed by atoms with E-state index < -0.39 is 0 Å². The summed E-state index contributed by atoms with van der Waals surface area (Å²) in [5, 5.41) is 0. The molecule has 1 aromatic carbocycles. The number of nitrogen functional groups attached to an aromatic ring is 1. The van der Waals surface area contributed by atoms with Crippen molar-refractivity contribution >= 4 is 16.7 Å². The smallest absolute Gasteiger partial charge is 0.121 e. The van der Waals surface area contributed by atoms with Crippen LogP contribution in [0.5, 0.6) is 0 Å². The van der Waals surface area contributed by atoms with Crippen LogP contribution in [0, 0.1) is 0 Å². The van der Waals surface area contributed by atoms with E-state index in [0.717, 1.165) is 48.7 Å². The van der Waals surface area contributed by atoms with Gasteiger partial charge in [-0.25, -0.2) is 4.98 Å². The number of H-pyrrole nitrogens is 1. The average Bonchev–Trinajstić information content (AvgIpc) is 2.78. The topological polar surface area (TPSA) is 61.2 Å². The van der Waals surface area contributed by atoms with Crippen LogP contribution in [-0.2, 0) is 6.54 Å². The molecule has 0 bridgehead atoms. The van der Waals surface area contributed by atoms with Crippen molar-refractivity contribution in [2.75, 3.05) is 39.5 Å². The Bertz CT molecular complexity index is 546. The molecule has 5 heteroatoms. The van der Waals surface area contributed by atoms with Crippen LogP contribution in [0.4, 0.5) is 5.69 Å². The normalized spacial score (nSPS) is 11.8. The second-order valence-electron chi connectivity index (χ2n) is 5.49. The molecule has 20 heavy (non-hydrogen) atoms. The number of aromatic nitrogens is 2. The number of nitrogens with two attached hydrogens (primary N) is 1. The number of hydrogen-bond donors (Lipinski definition) is 2. The van der Waals surface area contributed by atoms with Crippen LogP contribution in [0.25, 0.3) is 11.0 Å². The SMILES string of the molecule is CCN(CCCN(C)C)Cc1nc2ccc(N)cc2[nH]1. The van der Waals surface area contributed by atoms with Gasteiger partial charge in [0.2, 0.25) is 0 Å². The molecule has 0 unspecified atom stereocenters. The predicted molar refractivity (Wildman–Crippen MR) is 84.6 cm³/mol. The van der Waals surface area contributed by atoms with E-state index in [0.29, 0.717) is 0 Å². The van der Waals surface area contributed by atoms with Crippen LogP contribution in [-0.4, -0.2) is 53.5 Å². The third kappa shape index (κ3) is 3.95. The zero-order valence-electron chi connectivity index (χ0n) is 12.7. The summed E-state index contributed by atoms with van der Waals surface area (Å²) in [7, 11) is 4.22. The van der Waals surface area contributed by atoms with Crippen molar-refractivity contribution in [3.8, 4) is 0 Å². The van der Waals surface area contributed by atoms with Gasteiger partial charge in [0.25, 0.3) is 0 Å². The van der Waals surface area contributed by atoms with E-state index in [1.54, 1.807) is 0 Å². The second kappa shape index (κ2) is 6.72. The zero-order chi connectivity index (χ0) is 14.5. The lowest BCUT2D eigenvalue weighted by Crippen LogP contribution is -2.27. The Hall–Kier alpha value is -1.59. The van der Waals surface area contributed by atoms with Gasteiger partial charge in [0.1, 0.15) is 5.82 Å². The maximum absolute atomic E-state index is 5.79. The van der Waals surface area contributed by atoms with E-state index in [1.165, 1.54) is 6.42 Å². The molecule has 3 N–H and O–H groups in total. The lowest BCUT2D eigenvalue weighted by Gasteiger charge is -2.20. The van der Waals surface area contributed by atoms with Crippen LogP contribution < -0.4 is 5.73 Å². The Labute approximate surface area is 120 Å². The highest BCUT2D eigenvalue weighted by atomic mass is 15.1. The fraction of sp³-hybridized carbons (Fsp3) is 0.533. The van der Waals surface area contributed by atoms with Gasteiger partial charge in [-0.15, -0.1) is 0 Å². The largest absolute Gasteiger partial charge is 0.399 e. The van der Waals surface area contributed by atoms with E-state index >= 15 is 0 Å². The maximum atomic E-state index is 5.79. The molecule has 1 aromatic heterocycles. The number of nitrogens with zero attached hydrogens (tertiary/aromatic N) is 3. The minimum atomic E-state index is 0.769. The second-order valence-corrected chi connectivity index (χ2v) is 5.49. The summed E-state index contributed by atoms with van der Waals surface area (Å²) >= 11 is 0. The molecule has 0 saturated heterocycles. The molecule has 2 aromatic rings. The number of fused-ring (bicyclic) bond motifs is 1. The number of nitrogens with one attached hydrogen (secondary N) is 1. The number of hydrogen-bond acceptors (Lipinski definition) is 4. The first-order chi connectivity index (χ1) is 9.58. The van der Waals surface area contributed by atoms with E-state index in [1.807, 2.05) is 18.2 Å². The molecule has 0 amide bonds. The van der Waals surface area contributed by atoms with Crippen LogP contribution in [0.2, 0.25) is 0 Å². The lowest BCUT2D eigenvalue weighted by molar-refractivity contribution is 0.254.